The molecule has 114 valence electrons. The highest BCUT2D eigenvalue weighted by Gasteiger charge is 2.28. The van der Waals surface area contributed by atoms with Crippen LogP contribution in [-0.4, -0.2) is 34.3 Å². The van der Waals surface area contributed by atoms with E-state index in [4.69, 9.17) is 11.6 Å². The summed E-state index contributed by atoms with van der Waals surface area (Å²) in [5.41, 5.74) is 8.73. The van der Waals surface area contributed by atoms with Crippen molar-refractivity contribution < 1.29 is 9.59 Å². The number of nitrogens with one attached hydrogen (secondary N) is 1. The number of amides is 2. The highest BCUT2D eigenvalue weighted by molar-refractivity contribution is 5.93. The van der Waals surface area contributed by atoms with Crippen LogP contribution >= 0.6 is 0 Å². The quantitative estimate of drug-likeness (QED) is 0.403. The molecule has 0 aromatic carbocycles. The van der Waals surface area contributed by atoms with E-state index in [0.717, 1.165) is 18.5 Å². The molecule has 2 unspecified atom stereocenters. The van der Waals surface area contributed by atoms with Crippen LogP contribution in [-0.2, 0) is 11.3 Å². The molecule has 1 aliphatic heterocycles. The summed E-state index contributed by atoms with van der Waals surface area (Å²) >= 11 is 0. The van der Waals surface area contributed by atoms with Crippen LogP contribution in [0.2, 0.25) is 0 Å². The Bertz CT molecular complexity index is 517. The second kappa shape index (κ2) is 6.64. The number of hydrazine groups is 1. The van der Waals surface area contributed by atoms with Crippen molar-refractivity contribution in [1.82, 2.24) is 15.3 Å². The summed E-state index contributed by atoms with van der Waals surface area (Å²) in [5, 5.41) is 0. The van der Waals surface area contributed by atoms with Crippen LogP contribution in [0.1, 0.15) is 35.8 Å². The molecule has 7 heteroatoms. The number of pyridine rings is 1. The third kappa shape index (κ3) is 3.77. The predicted octanol–water partition coefficient (Wildman–Crippen LogP) is -0.229. The van der Waals surface area contributed by atoms with E-state index in [-0.39, 0.29) is 17.7 Å². The first-order valence-electron chi connectivity index (χ1n) is 7.00. The normalized spacial score (nSPS) is 22.8. The fourth-order valence-electron chi connectivity index (χ4n) is 2.58. The van der Waals surface area contributed by atoms with Crippen molar-refractivity contribution in [2.24, 2.45) is 17.5 Å². The number of aromatic nitrogens is 1. The van der Waals surface area contributed by atoms with Crippen molar-refractivity contribution in [2.75, 3.05) is 6.54 Å². The Morgan fingerprint density at radius 3 is 2.76 bits per heavy atom. The molecule has 1 aromatic rings. The fraction of sp³-hybridized carbons (Fsp3) is 0.500. The molecule has 21 heavy (non-hydrogen) atoms. The van der Waals surface area contributed by atoms with Gasteiger partial charge in [0.15, 0.2) is 0 Å². The van der Waals surface area contributed by atoms with Crippen molar-refractivity contribution in [2.45, 2.75) is 32.4 Å². The number of nitrogen functional groups attached to an aromatic ring is 1. The summed E-state index contributed by atoms with van der Waals surface area (Å²) in [6, 6.07) is 3.87. The molecular weight excluding hydrogens is 270 g/mol. The van der Waals surface area contributed by atoms with Crippen LogP contribution in [0.3, 0.4) is 0 Å². The molecule has 0 spiro atoms. The summed E-state index contributed by atoms with van der Waals surface area (Å²) in [4.78, 5) is 29.2. The summed E-state index contributed by atoms with van der Waals surface area (Å²) in [6.45, 7) is 3.42. The summed E-state index contributed by atoms with van der Waals surface area (Å²) < 4.78 is 0. The van der Waals surface area contributed by atoms with E-state index < -0.39 is 0 Å². The molecule has 2 heterocycles. The van der Waals surface area contributed by atoms with Gasteiger partial charge >= 0.3 is 0 Å². The Balaban J connectivity index is 2.02. The maximum atomic E-state index is 11.3. The van der Waals surface area contributed by atoms with Gasteiger partial charge in [0, 0.05) is 25.3 Å². The number of hydrogen-bond donors (Lipinski definition) is 3. The Kier molecular flexibility index (Phi) is 4.87. The van der Waals surface area contributed by atoms with E-state index in [2.05, 4.69) is 22.2 Å². The van der Waals surface area contributed by atoms with Gasteiger partial charge in [0.1, 0.15) is 0 Å². The zero-order valence-corrected chi connectivity index (χ0v) is 12.1. The molecular formula is C14H21N5O2. The van der Waals surface area contributed by atoms with Gasteiger partial charge in [-0.05, 0) is 31.9 Å². The SMILES string of the molecule is CC1CCC(C(N)=O)CN1Cc1ccc(C(=O)NN)cn1. The molecule has 0 radical (unpaired) electrons. The van der Waals surface area contributed by atoms with E-state index in [0.29, 0.717) is 24.7 Å². The first-order chi connectivity index (χ1) is 10.0. The van der Waals surface area contributed by atoms with Gasteiger partial charge < -0.3 is 5.73 Å². The minimum Gasteiger partial charge on any atom is -0.369 e. The molecule has 2 atom stereocenters. The minimum atomic E-state index is -0.366. The summed E-state index contributed by atoms with van der Waals surface area (Å²) in [6.07, 6.45) is 3.29. The second-order valence-electron chi connectivity index (χ2n) is 5.47. The van der Waals surface area contributed by atoms with Crippen LogP contribution in [0, 0.1) is 5.92 Å². The Hall–Kier alpha value is -1.99. The van der Waals surface area contributed by atoms with Crippen LogP contribution in [0.15, 0.2) is 18.3 Å². The first kappa shape index (κ1) is 15.4. The predicted molar refractivity (Wildman–Crippen MR) is 77.7 cm³/mol. The number of nitrogens with two attached hydrogens (primary N) is 2. The number of carbonyl (C=O) groups excluding carboxylic acids is 2. The number of likely N-dealkylation sites (tertiary alicyclic amines) is 1. The number of piperidine rings is 1. The van der Waals surface area contributed by atoms with Gasteiger partial charge in [0.2, 0.25) is 5.91 Å². The van der Waals surface area contributed by atoms with Crippen molar-refractivity contribution in [3.05, 3.63) is 29.6 Å². The van der Waals surface area contributed by atoms with Crippen molar-refractivity contribution in [1.29, 1.82) is 0 Å². The molecule has 1 aliphatic rings. The van der Waals surface area contributed by atoms with Gasteiger partial charge in [-0.3, -0.25) is 24.9 Å². The average molecular weight is 291 g/mol. The van der Waals surface area contributed by atoms with Gasteiger partial charge in [0.25, 0.3) is 5.91 Å². The van der Waals surface area contributed by atoms with Gasteiger partial charge in [-0.25, -0.2) is 5.84 Å². The summed E-state index contributed by atoms with van der Waals surface area (Å²) in [5.74, 6) is 4.37. The Labute approximate surface area is 123 Å². The molecule has 2 amide bonds. The standard InChI is InChI=1S/C14H21N5O2/c1-9-2-3-11(13(15)20)7-19(9)8-12-5-4-10(6-17-12)14(21)18-16/h4-6,9,11H,2-3,7-8,16H2,1H3,(H2,15,20)(H,18,21). The lowest BCUT2D eigenvalue weighted by molar-refractivity contribution is -0.124. The first-order valence-corrected chi connectivity index (χ1v) is 7.00. The maximum absolute atomic E-state index is 11.3. The van der Waals surface area contributed by atoms with E-state index in [1.165, 1.54) is 6.20 Å². The van der Waals surface area contributed by atoms with Gasteiger partial charge in [0.05, 0.1) is 17.2 Å². The third-order valence-corrected chi connectivity index (χ3v) is 4.00. The smallest absolute Gasteiger partial charge is 0.266 e. The molecule has 5 N–H and O–H groups in total. The van der Waals surface area contributed by atoms with E-state index in [1.54, 1.807) is 12.1 Å². The zero-order chi connectivity index (χ0) is 15.4. The number of carbonyl (C=O) groups is 2. The van der Waals surface area contributed by atoms with Crippen LogP contribution in [0.4, 0.5) is 0 Å². The van der Waals surface area contributed by atoms with Crippen LogP contribution in [0.5, 0.6) is 0 Å². The average Bonchev–Trinajstić information content (AvgIpc) is 2.49. The number of rotatable bonds is 4. The van der Waals surface area contributed by atoms with Gasteiger partial charge in [-0.2, -0.15) is 0 Å². The van der Waals surface area contributed by atoms with E-state index >= 15 is 0 Å². The summed E-state index contributed by atoms with van der Waals surface area (Å²) in [7, 11) is 0. The maximum Gasteiger partial charge on any atom is 0.266 e. The Morgan fingerprint density at radius 1 is 1.43 bits per heavy atom. The lowest BCUT2D eigenvalue weighted by atomic mass is 9.93. The number of hydrogen-bond acceptors (Lipinski definition) is 5. The van der Waals surface area contributed by atoms with Gasteiger partial charge in [-0.15, -0.1) is 0 Å². The van der Waals surface area contributed by atoms with Crippen LogP contribution in [0.25, 0.3) is 0 Å². The molecule has 7 nitrogen and oxygen atoms in total. The monoisotopic (exact) mass is 291 g/mol. The van der Waals surface area contributed by atoms with E-state index in [9.17, 15) is 9.59 Å². The number of nitrogens with zero attached hydrogens (tertiary/aromatic N) is 2. The second-order valence-corrected chi connectivity index (χ2v) is 5.47. The molecule has 2 rings (SSSR count). The van der Waals surface area contributed by atoms with Crippen molar-refractivity contribution in [3.8, 4) is 0 Å². The minimum absolute atomic E-state index is 0.0940. The lowest BCUT2D eigenvalue weighted by Gasteiger charge is -2.36. The molecule has 0 saturated carbocycles. The molecule has 1 saturated heterocycles. The zero-order valence-electron chi connectivity index (χ0n) is 12.1. The molecule has 1 fully saturated rings. The van der Waals surface area contributed by atoms with Gasteiger partial charge in [-0.1, -0.05) is 0 Å². The Morgan fingerprint density at radius 2 is 2.19 bits per heavy atom. The van der Waals surface area contributed by atoms with Crippen molar-refractivity contribution >= 4 is 11.8 Å². The highest BCUT2D eigenvalue weighted by Crippen LogP contribution is 2.23. The van der Waals surface area contributed by atoms with E-state index in [1.807, 2.05) is 0 Å². The number of primary amides is 1. The lowest BCUT2D eigenvalue weighted by Crippen LogP contribution is -2.45. The third-order valence-electron chi connectivity index (χ3n) is 4.00. The van der Waals surface area contributed by atoms with Crippen LogP contribution < -0.4 is 17.0 Å². The molecule has 0 aliphatic carbocycles. The fourth-order valence-corrected chi connectivity index (χ4v) is 2.58. The van der Waals surface area contributed by atoms with Crippen molar-refractivity contribution in [3.63, 3.8) is 0 Å². The topological polar surface area (TPSA) is 114 Å². The highest BCUT2D eigenvalue weighted by atomic mass is 16.2. The molecule has 0 bridgehead atoms. The largest absolute Gasteiger partial charge is 0.369 e. The molecule has 1 aromatic heterocycles.